The van der Waals surface area contributed by atoms with Crippen LogP contribution in [0, 0.1) is 5.41 Å². The zero-order valence-corrected chi connectivity index (χ0v) is 10.4. The molecule has 0 saturated heterocycles. The predicted octanol–water partition coefficient (Wildman–Crippen LogP) is 2.23. The maximum Gasteiger partial charge on any atom is 0.0247 e. The van der Waals surface area contributed by atoms with Crippen LogP contribution in [0.15, 0.2) is 0 Å². The van der Waals surface area contributed by atoms with Crippen LogP contribution in [0.1, 0.15) is 47.0 Å². The molecule has 0 aromatic heterocycles. The Labute approximate surface area is 88.8 Å². The molecule has 0 aliphatic heterocycles. The molecule has 1 saturated carbocycles. The number of nitrogens with zero attached hydrogens (tertiary/aromatic N) is 1. The number of likely N-dealkylation sites (N-methyl/N-ethyl adjacent to an activating group) is 1. The van der Waals surface area contributed by atoms with Crippen LogP contribution in [0.3, 0.4) is 0 Å². The first kappa shape index (κ1) is 12.0. The molecule has 2 heteroatoms. The van der Waals surface area contributed by atoms with Crippen LogP contribution in [0.25, 0.3) is 0 Å². The molecule has 1 fully saturated rings. The number of rotatable bonds is 2. The van der Waals surface area contributed by atoms with Crippen molar-refractivity contribution >= 4 is 0 Å². The van der Waals surface area contributed by atoms with Crippen LogP contribution in [-0.2, 0) is 0 Å². The maximum atomic E-state index is 6.12. The summed E-state index contributed by atoms with van der Waals surface area (Å²) in [6, 6.07) is 1.59. The van der Waals surface area contributed by atoms with Crippen LogP contribution in [0.5, 0.6) is 0 Å². The van der Waals surface area contributed by atoms with Crippen molar-refractivity contribution < 1.29 is 0 Å². The molecule has 0 heterocycles. The molecule has 2 nitrogen and oxygen atoms in total. The molecule has 0 bridgehead atoms. The summed E-state index contributed by atoms with van der Waals surface area (Å²) >= 11 is 0. The fourth-order valence-electron chi connectivity index (χ4n) is 2.37. The molecule has 2 N–H and O–H groups in total. The normalized spacial score (nSPS) is 31.1. The zero-order chi connectivity index (χ0) is 10.9. The molecule has 1 aliphatic carbocycles. The lowest BCUT2D eigenvalue weighted by Crippen LogP contribution is -2.50. The summed E-state index contributed by atoms with van der Waals surface area (Å²) < 4.78 is 0. The van der Waals surface area contributed by atoms with E-state index in [1.807, 2.05) is 0 Å². The largest absolute Gasteiger partial charge is 0.326 e. The van der Waals surface area contributed by atoms with Gasteiger partial charge in [-0.2, -0.15) is 0 Å². The molecule has 0 aromatic carbocycles. The van der Waals surface area contributed by atoms with Gasteiger partial charge in [-0.15, -0.1) is 0 Å². The van der Waals surface area contributed by atoms with Crippen LogP contribution in [0.4, 0.5) is 0 Å². The Hall–Kier alpha value is -0.0800. The fraction of sp³-hybridized carbons (Fsp3) is 1.00. The van der Waals surface area contributed by atoms with Gasteiger partial charge in [-0.3, -0.25) is 4.90 Å². The summed E-state index contributed by atoms with van der Waals surface area (Å²) in [5, 5.41) is 0. The second-order valence-corrected chi connectivity index (χ2v) is 5.87. The van der Waals surface area contributed by atoms with E-state index in [0.29, 0.717) is 23.5 Å². The maximum absolute atomic E-state index is 6.12. The van der Waals surface area contributed by atoms with E-state index in [1.54, 1.807) is 0 Å². The predicted molar refractivity (Wildman–Crippen MR) is 62.3 cm³/mol. The minimum Gasteiger partial charge on any atom is -0.326 e. The molecule has 3 atom stereocenters. The Bertz CT molecular complexity index is 181. The first-order chi connectivity index (χ1) is 6.34. The van der Waals surface area contributed by atoms with Gasteiger partial charge in [0.15, 0.2) is 0 Å². The Kier molecular flexibility index (Phi) is 3.59. The molecule has 1 rings (SSSR count). The summed E-state index contributed by atoms with van der Waals surface area (Å²) in [6.45, 7) is 9.21. The van der Waals surface area contributed by atoms with Gasteiger partial charge in [-0.05, 0) is 32.2 Å². The van der Waals surface area contributed by atoms with Gasteiger partial charge in [0, 0.05) is 18.1 Å². The molecule has 3 unspecified atom stereocenters. The highest BCUT2D eigenvalue weighted by Gasteiger charge is 2.33. The Morgan fingerprint density at radius 3 is 2.21 bits per heavy atom. The van der Waals surface area contributed by atoms with Gasteiger partial charge in [-0.25, -0.2) is 0 Å². The third-order valence-electron chi connectivity index (χ3n) is 3.92. The van der Waals surface area contributed by atoms with E-state index in [-0.39, 0.29) is 0 Å². The summed E-state index contributed by atoms with van der Waals surface area (Å²) in [5.74, 6) is 0. The minimum atomic E-state index is 0.344. The van der Waals surface area contributed by atoms with Crippen LogP contribution >= 0.6 is 0 Å². The van der Waals surface area contributed by atoms with Crippen LogP contribution in [-0.4, -0.2) is 30.1 Å². The fourth-order valence-corrected chi connectivity index (χ4v) is 2.37. The van der Waals surface area contributed by atoms with Crippen molar-refractivity contribution in [3.05, 3.63) is 0 Å². The van der Waals surface area contributed by atoms with Gasteiger partial charge in [0.25, 0.3) is 0 Å². The SMILES string of the molecule is CC(N(C)C1CCCC1N)C(C)(C)C. The summed E-state index contributed by atoms with van der Waals surface area (Å²) in [6.07, 6.45) is 3.77. The molecule has 0 aromatic rings. The lowest BCUT2D eigenvalue weighted by molar-refractivity contribution is 0.0926. The highest BCUT2D eigenvalue weighted by atomic mass is 15.2. The quantitative estimate of drug-likeness (QED) is 0.737. The smallest absolute Gasteiger partial charge is 0.0247 e. The van der Waals surface area contributed by atoms with E-state index in [1.165, 1.54) is 19.3 Å². The Balaban J connectivity index is 2.60. The average Bonchev–Trinajstić information content (AvgIpc) is 2.47. The Morgan fingerprint density at radius 2 is 1.86 bits per heavy atom. The van der Waals surface area contributed by atoms with E-state index >= 15 is 0 Å². The first-order valence-corrected chi connectivity index (χ1v) is 5.81. The van der Waals surface area contributed by atoms with Gasteiger partial charge in [0.2, 0.25) is 0 Å². The van der Waals surface area contributed by atoms with Crippen molar-refractivity contribution in [1.82, 2.24) is 4.90 Å². The van der Waals surface area contributed by atoms with Gasteiger partial charge < -0.3 is 5.73 Å². The van der Waals surface area contributed by atoms with Crippen molar-refractivity contribution in [1.29, 1.82) is 0 Å². The lowest BCUT2D eigenvalue weighted by Gasteiger charge is -2.40. The molecular formula is C12H26N2. The highest BCUT2D eigenvalue weighted by molar-refractivity contribution is 4.91. The number of hydrogen-bond acceptors (Lipinski definition) is 2. The monoisotopic (exact) mass is 198 g/mol. The second-order valence-electron chi connectivity index (χ2n) is 5.87. The van der Waals surface area contributed by atoms with Crippen molar-refractivity contribution in [3.63, 3.8) is 0 Å². The zero-order valence-electron chi connectivity index (χ0n) is 10.4. The minimum absolute atomic E-state index is 0.344. The summed E-state index contributed by atoms with van der Waals surface area (Å²) in [5.41, 5.74) is 6.46. The van der Waals surface area contributed by atoms with Gasteiger partial charge in [0.1, 0.15) is 0 Å². The summed E-state index contributed by atoms with van der Waals surface area (Å²) in [7, 11) is 2.23. The van der Waals surface area contributed by atoms with E-state index in [4.69, 9.17) is 5.73 Å². The second kappa shape index (κ2) is 4.19. The molecule has 1 aliphatic rings. The van der Waals surface area contributed by atoms with E-state index in [0.717, 1.165) is 0 Å². The van der Waals surface area contributed by atoms with Crippen molar-refractivity contribution in [3.8, 4) is 0 Å². The van der Waals surface area contributed by atoms with Gasteiger partial charge >= 0.3 is 0 Å². The van der Waals surface area contributed by atoms with E-state index < -0.39 is 0 Å². The highest BCUT2D eigenvalue weighted by Crippen LogP contribution is 2.29. The molecule has 0 amide bonds. The van der Waals surface area contributed by atoms with Gasteiger partial charge in [0.05, 0.1) is 0 Å². The third-order valence-corrected chi connectivity index (χ3v) is 3.92. The lowest BCUT2D eigenvalue weighted by atomic mass is 9.86. The van der Waals surface area contributed by atoms with Crippen molar-refractivity contribution in [2.24, 2.45) is 11.1 Å². The number of hydrogen-bond donors (Lipinski definition) is 1. The van der Waals surface area contributed by atoms with Crippen LogP contribution < -0.4 is 5.73 Å². The topological polar surface area (TPSA) is 29.3 Å². The molecular weight excluding hydrogens is 172 g/mol. The average molecular weight is 198 g/mol. The van der Waals surface area contributed by atoms with Crippen LogP contribution in [0.2, 0.25) is 0 Å². The van der Waals surface area contributed by atoms with Crippen molar-refractivity contribution in [2.45, 2.75) is 65.1 Å². The molecule has 84 valence electrons. The molecule has 0 radical (unpaired) electrons. The number of nitrogens with two attached hydrogens (primary N) is 1. The third kappa shape index (κ3) is 2.48. The first-order valence-electron chi connectivity index (χ1n) is 5.81. The van der Waals surface area contributed by atoms with E-state index in [9.17, 15) is 0 Å². The molecule has 0 spiro atoms. The van der Waals surface area contributed by atoms with Gasteiger partial charge in [-0.1, -0.05) is 27.2 Å². The standard InChI is InChI=1S/C12H26N2/c1-9(12(2,3)4)14(5)11-8-6-7-10(11)13/h9-11H,6-8,13H2,1-5H3. The summed E-state index contributed by atoms with van der Waals surface area (Å²) in [4.78, 5) is 2.48. The van der Waals surface area contributed by atoms with E-state index in [2.05, 4.69) is 39.6 Å². The van der Waals surface area contributed by atoms with Crippen molar-refractivity contribution in [2.75, 3.05) is 7.05 Å². The molecule has 14 heavy (non-hydrogen) atoms. The Morgan fingerprint density at radius 1 is 1.29 bits per heavy atom.